The minimum Gasteiger partial charge on any atom is -0.386 e. The molecule has 1 aromatic heterocycles. The maximum Gasteiger partial charge on any atom is 0.191 e. The van der Waals surface area contributed by atoms with Crippen LogP contribution in [0.1, 0.15) is 24.3 Å². The van der Waals surface area contributed by atoms with Crippen LogP contribution in [0.3, 0.4) is 0 Å². The molecular formula is C18H26IN3O3S2. The van der Waals surface area contributed by atoms with Gasteiger partial charge in [-0.3, -0.25) is 4.99 Å². The number of sulfone groups is 1. The van der Waals surface area contributed by atoms with Gasteiger partial charge in [-0.15, -0.1) is 35.3 Å². The smallest absolute Gasteiger partial charge is 0.191 e. The van der Waals surface area contributed by atoms with E-state index in [4.69, 9.17) is 0 Å². The fraction of sp³-hybridized carbons (Fsp3) is 0.500. The molecule has 0 radical (unpaired) electrons. The molecule has 150 valence electrons. The molecular weight excluding hydrogens is 497 g/mol. The van der Waals surface area contributed by atoms with Crippen molar-refractivity contribution < 1.29 is 13.5 Å². The number of fused-ring (bicyclic) bond motifs is 1. The average Bonchev–Trinajstić information content (AvgIpc) is 3.20. The van der Waals surface area contributed by atoms with Gasteiger partial charge in [-0.05, 0) is 36.8 Å². The Morgan fingerprint density at radius 1 is 1.37 bits per heavy atom. The highest BCUT2D eigenvalue weighted by Gasteiger charge is 2.27. The number of aliphatic hydroxyl groups excluding tert-OH is 1. The van der Waals surface area contributed by atoms with Crippen molar-refractivity contribution in [3.8, 4) is 0 Å². The number of nitrogens with zero attached hydrogens (tertiary/aromatic N) is 1. The van der Waals surface area contributed by atoms with Crippen molar-refractivity contribution >= 4 is 61.2 Å². The van der Waals surface area contributed by atoms with Gasteiger partial charge in [-0.25, -0.2) is 8.42 Å². The molecule has 2 unspecified atom stereocenters. The monoisotopic (exact) mass is 523 g/mol. The first-order valence-corrected chi connectivity index (χ1v) is 11.5. The summed E-state index contributed by atoms with van der Waals surface area (Å²) in [5.74, 6) is 1.25. The third kappa shape index (κ3) is 6.30. The SMILES string of the molecule is CCNC(=NCC(O)c1cc2ccccc2s1)NCC1CCS(=O)(=O)C1.I. The zero-order valence-corrected chi connectivity index (χ0v) is 19.2. The normalized spacial score (nSPS) is 20.2. The van der Waals surface area contributed by atoms with Crippen molar-refractivity contribution in [1.82, 2.24) is 10.6 Å². The highest BCUT2D eigenvalue weighted by Crippen LogP contribution is 2.29. The van der Waals surface area contributed by atoms with Gasteiger partial charge in [0.1, 0.15) is 6.10 Å². The Hall–Kier alpha value is -0.910. The first-order chi connectivity index (χ1) is 12.5. The molecule has 9 heteroatoms. The maximum atomic E-state index is 11.6. The lowest BCUT2D eigenvalue weighted by Crippen LogP contribution is -2.40. The quantitative estimate of drug-likeness (QED) is 0.308. The summed E-state index contributed by atoms with van der Waals surface area (Å²) < 4.78 is 24.3. The van der Waals surface area contributed by atoms with Crippen LogP contribution in [0.4, 0.5) is 0 Å². The Labute approximate surface area is 181 Å². The summed E-state index contributed by atoms with van der Waals surface area (Å²) in [4.78, 5) is 5.35. The van der Waals surface area contributed by atoms with E-state index in [1.807, 2.05) is 37.3 Å². The molecule has 1 aromatic carbocycles. The van der Waals surface area contributed by atoms with Crippen LogP contribution in [-0.2, 0) is 9.84 Å². The summed E-state index contributed by atoms with van der Waals surface area (Å²) in [6, 6.07) is 10.1. The molecule has 1 aliphatic rings. The molecule has 1 saturated heterocycles. The highest BCUT2D eigenvalue weighted by molar-refractivity contribution is 14.0. The van der Waals surface area contributed by atoms with Crippen molar-refractivity contribution in [3.63, 3.8) is 0 Å². The van der Waals surface area contributed by atoms with Crippen molar-refractivity contribution in [2.24, 2.45) is 10.9 Å². The summed E-state index contributed by atoms with van der Waals surface area (Å²) in [6.45, 7) is 3.50. The first-order valence-electron chi connectivity index (χ1n) is 8.86. The lowest BCUT2D eigenvalue weighted by Gasteiger charge is -2.15. The second-order valence-electron chi connectivity index (χ2n) is 6.57. The van der Waals surface area contributed by atoms with Crippen LogP contribution in [0.2, 0.25) is 0 Å². The molecule has 0 aliphatic carbocycles. The van der Waals surface area contributed by atoms with Gasteiger partial charge in [0.25, 0.3) is 0 Å². The van der Waals surface area contributed by atoms with Crippen molar-refractivity contribution in [3.05, 3.63) is 35.2 Å². The van der Waals surface area contributed by atoms with E-state index in [0.29, 0.717) is 25.5 Å². The van der Waals surface area contributed by atoms with E-state index >= 15 is 0 Å². The van der Waals surface area contributed by atoms with Crippen LogP contribution in [0, 0.1) is 5.92 Å². The Morgan fingerprint density at radius 2 is 2.15 bits per heavy atom. The van der Waals surface area contributed by atoms with Crippen LogP contribution < -0.4 is 10.6 Å². The number of hydrogen-bond donors (Lipinski definition) is 3. The number of hydrogen-bond acceptors (Lipinski definition) is 5. The van der Waals surface area contributed by atoms with Gasteiger partial charge in [-0.1, -0.05) is 18.2 Å². The van der Waals surface area contributed by atoms with E-state index in [1.54, 1.807) is 11.3 Å². The van der Waals surface area contributed by atoms with Gasteiger partial charge in [0.2, 0.25) is 0 Å². The van der Waals surface area contributed by atoms with Crippen molar-refractivity contribution in [2.75, 3.05) is 31.1 Å². The highest BCUT2D eigenvalue weighted by atomic mass is 127. The molecule has 0 saturated carbocycles. The Bertz CT molecular complexity index is 850. The predicted octanol–water partition coefficient (Wildman–Crippen LogP) is 2.54. The molecule has 1 aliphatic heterocycles. The second-order valence-corrected chi connectivity index (χ2v) is 9.92. The number of benzene rings is 1. The standard InChI is InChI=1S/C18H25N3O3S2.HI/c1-2-19-18(20-10-13-7-8-26(23,24)12-13)21-11-15(22)17-9-14-5-3-4-6-16(14)25-17;/h3-6,9,13,15,22H,2,7-8,10-12H2,1H3,(H2,19,20,21);1H. The van der Waals surface area contributed by atoms with E-state index in [2.05, 4.69) is 15.6 Å². The summed E-state index contributed by atoms with van der Waals surface area (Å²) in [7, 11) is -2.87. The molecule has 0 amide bonds. The molecule has 27 heavy (non-hydrogen) atoms. The van der Waals surface area contributed by atoms with Gasteiger partial charge in [-0.2, -0.15) is 0 Å². The first kappa shape index (κ1) is 22.4. The Morgan fingerprint density at radius 3 is 2.81 bits per heavy atom. The van der Waals surface area contributed by atoms with E-state index < -0.39 is 15.9 Å². The number of nitrogens with one attached hydrogen (secondary N) is 2. The van der Waals surface area contributed by atoms with E-state index in [-0.39, 0.29) is 47.9 Å². The number of aliphatic hydroxyl groups is 1. The fourth-order valence-electron chi connectivity index (χ4n) is 3.05. The van der Waals surface area contributed by atoms with E-state index in [9.17, 15) is 13.5 Å². The Balaban J connectivity index is 0.00000261. The zero-order valence-electron chi connectivity index (χ0n) is 15.2. The molecule has 0 spiro atoms. The topological polar surface area (TPSA) is 90.8 Å². The van der Waals surface area contributed by atoms with Gasteiger partial charge in [0.05, 0.1) is 18.1 Å². The largest absolute Gasteiger partial charge is 0.386 e. The number of halogens is 1. The van der Waals surface area contributed by atoms with E-state index in [0.717, 1.165) is 15.0 Å². The number of guanidine groups is 1. The molecule has 2 aromatic rings. The summed E-state index contributed by atoms with van der Waals surface area (Å²) in [5.41, 5.74) is 0. The van der Waals surface area contributed by atoms with Crippen LogP contribution in [-0.4, -0.2) is 50.6 Å². The molecule has 2 heterocycles. The van der Waals surface area contributed by atoms with Gasteiger partial charge in [0, 0.05) is 22.7 Å². The van der Waals surface area contributed by atoms with Crippen LogP contribution >= 0.6 is 35.3 Å². The third-order valence-corrected chi connectivity index (χ3v) is 7.48. The minimum atomic E-state index is -2.87. The number of aliphatic imine (C=N–C) groups is 1. The second kappa shape index (κ2) is 10.0. The number of thiophene rings is 1. The summed E-state index contributed by atoms with van der Waals surface area (Å²) in [6.07, 6.45) is 0.0359. The van der Waals surface area contributed by atoms with Crippen LogP contribution in [0.25, 0.3) is 10.1 Å². The molecule has 3 N–H and O–H groups in total. The lowest BCUT2D eigenvalue weighted by molar-refractivity contribution is 0.191. The van der Waals surface area contributed by atoms with E-state index in [1.165, 1.54) is 0 Å². The van der Waals surface area contributed by atoms with Gasteiger partial charge in [0.15, 0.2) is 15.8 Å². The fourth-order valence-corrected chi connectivity index (χ4v) is 5.95. The van der Waals surface area contributed by atoms with Gasteiger partial charge >= 0.3 is 0 Å². The summed E-state index contributed by atoms with van der Waals surface area (Å²) >= 11 is 1.58. The molecule has 0 bridgehead atoms. The third-order valence-electron chi connectivity index (χ3n) is 4.42. The maximum absolute atomic E-state index is 11.6. The molecule has 3 rings (SSSR count). The van der Waals surface area contributed by atoms with Crippen LogP contribution in [0.5, 0.6) is 0 Å². The van der Waals surface area contributed by atoms with Crippen LogP contribution in [0.15, 0.2) is 35.3 Å². The Kier molecular flexibility index (Phi) is 8.32. The summed E-state index contributed by atoms with van der Waals surface area (Å²) in [5, 5.41) is 17.9. The van der Waals surface area contributed by atoms with Gasteiger partial charge < -0.3 is 15.7 Å². The predicted molar refractivity (Wildman–Crippen MR) is 123 cm³/mol. The van der Waals surface area contributed by atoms with Crippen molar-refractivity contribution in [2.45, 2.75) is 19.4 Å². The molecule has 2 atom stereocenters. The molecule has 6 nitrogen and oxygen atoms in total. The zero-order chi connectivity index (χ0) is 18.6. The number of rotatable bonds is 6. The lowest BCUT2D eigenvalue weighted by atomic mass is 10.1. The van der Waals surface area contributed by atoms with Crippen molar-refractivity contribution in [1.29, 1.82) is 0 Å². The molecule has 1 fully saturated rings. The minimum absolute atomic E-state index is 0. The average molecular weight is 523 g/mol.